The van der Waals surface area contributed by atoms with Gasteiger partial charge in [-0.15, -0.1) is 11.3 Å². The van der Waals surface area contributed by atoms with Crippen LogP contribution in [-0.2, 0) is 12.8 Å². The second-order valence-corrected chi connectivity index (χ2v) is 5.45. The van der Waals surface area contributed by atoms with E-state index in [1.165, 1.54) is 22.5 Å². The predicted molar refractivity (Wildman–Crippen MR) is 77.6 cm³/mol. The molecule has 0 aliphatic rings. The Kier molecular flexibility index (Phi) is 3.47. The fourth-order valence-corrected chi connectivity index (χ4v) is 2.53. The smallest absolute Gasteiger partial charge is 0.232 e. The van der Waals surface area contributed by atoms with Gasteiger partial charge in [-0.1, -0.05) is 29.4 Å². The molecule has 3 aromatic rings. The highest BCUT2D eigenvalue weighted by Gasteiger charge is 2.10. The van der Waals surface area contributed by atoms with Gasteiger partial charge in [0.25, 0.3) is 0 Å². The van der Waals surface area contributed by atoms with E-state index in [2.05, 4.69) is 34.2 Å². The molecule has 0 saturated carbocycles. The van der Waals surface area contributed by atoms with Crippen LogP contribution in [0.3, 0.4) is 0 Å². The lowest BCUT2D eigenvalue weighted by molar-refractivity contribution is 0.379. The van der Waals surface area contributed by atoms with Crippen molar-refractivity contribution in [1.29, 1.82) is 0 Å². The van der Waals surface area contributed by atoms with Crippen molar-refractivity contribution in [3.63, 3.8) is 0 Å². The summed E-state index contributed by atoms with van der Waals surface area (Å²) in [6, 6.07) is 8.19. The number of rotatable bonds is 4. The summed E-state index contributed by atoms with van der Waals surface area (Å²) in [5.74, 6) is 1.26. The average Bonchev–Trinajstić information content (AvgIpc) is 3.02. The number of nitrogens with two attached hydrogens (primary N) is 1. The molecule has 5 nitrogen and oxygen atoms in total. The molecule has 2 N–H and O–H groups in total. The lowest BCUT2D eigenvalue weighted by Crippen LogP contribution is -1.95. The van der Waals surface area contributed by atoms with Gasteiger partial charge in [0.15, 0.2) is 11.0 Å². The van der Waals surface area contributed by atoms with Crippen LogP contribution < -0.4 is 5.73 Å². The van der Waals surface area contributed by atoms with Gasteiger partial charge in [-0.25, -0.2) is 4.98 Å². The average molecular weight is 286 g/mol. The minimum Gasteiger partial charge on any atom is -0.375 e. The monoisotopic (exact) mass is 286 g/mol. The van der Waals surface area contributed by atoms with Crippen LogP contribution in [0.4, 0.5) is 5.13 Å². The zero-order valence-electron chi connectivity index (χ0n) is 11.0. The maximum Gasteiger partial charge on any atom is 0.232 e. The molecule has 6 heteroatoms. The van der Waals surface area contributed by atoms with Crippen LogP contribution in [0.1, 0.15) is 28.5 Å². The number of nitrogen functional groups attached to an aromatic ring is 1. The summed E-state index contributed by atoms with van der Waals surface area (Å²) in [6.07, 6.45) is 1.20. The predicted octanol–water partition coefficient (Wildman–Crippen LogP) is 2.60. The molecule has 0 unspecified atom stereocenters. The Bertz CT molecular complexity index is 719. The Morgan fingerprint density at radius 1 is 1.20 bits per heavy atom. The molecule has 0 radical (unpaired) electrons. The van der Waals surface area contributed by atoms with Gasteiger partial charge in [0.2, 0.25) is 5.89 Å². The number of thiazole rings is 1. The Hall–Kier alpha value is -2.21. The first-order chi connectivity index (χ1) is 9.70. The second kappa shape index (κ2) is 5.42. The number of hydrogen-bond donors (Lipinski definition) is 1. The lowest BCUT2D eigenvalue weighted by Gasteiger charge is -2.00. The summed E-state index contributed by atoms with van der Waals surface area (Å²) < 4.78 is 5.25. The van der Waals surface area contributed by atoms with Gasteiger partial charge in [0.05, 0.1) is 12.1 Å². The van der Waals surface area contributed by atoms with Crippen molar-refractivity contribution in [3.8, 4) is 0 Å². The molecule has 2 aromatic heterocycles. The highest BCUT2D eigenvalue weighted by molar-refractivity contribution is 7.13. The van der Waals surface area contributed by atoms with Crippen LogP contribution in [0.15, 0.2) is 34.2 Å². The third kappa shape index (κ3) is 2.85. The Morgan fingerprint density at radius 2 is 2.05 bits per heavy atom. The van der Waals surface area contributed by atoms with E-state index in [0.29, 0.717) is 29.7 Å². The quantitative estimate of drug-likeness (QED) is 0.797. The summed E-state index contributed by atoms with van der Waals surface area (Å²) in [6.45, 7) is 2.08. The molecule has 102 valence electrons. The van der Waals surface area contributed by atoms with Crippen molar-refractivity contribution in [2.24, 2.45) is 0 Å². The van der Waals surface area contributed by atoms with Crippen molar-refractivity contribution in [3.05, 3.63) is 58.2 Å². The van der Waals surface area contributed by atoms with E-state index in [4.69, 9.17) is 10.3 Å². The number of anilines is 1. The van der Waals surface area contributed by atoms with Crippen LogP contribution in [0.5, 0.6) is 0 Å². The molecule has 0 bridgehead atoms. The highest BCUT2D eigenvalue weighted by atomic mass is 32.1. The molecule has 0 atom stereocenters. The first kappa shape index (κ1) is 12.8. The largest absolute Gasteiger partial charge is 0.375 e. The molecule has 0 spiro atoms. The normalized spacial score (nSPS) is 10.8. The fraction of sp³-hybridized carbons (Fsp3) is 0.214. The third-order valence-corrected chi connectivity index (χ3v) is 3.74. The van der Waals surface area contributed by atoms with E-state index >= 15 is 0 Å². The Balaban J connectivity index is 1.72. The molecule has 0 aliphatic carbocycles. The van der Waals surface area contributed by atoms with E-state index in [9.17, 15) is 0 Å². The standard InChI is InChI=1S/C14H14N4OS/c1-9-4-2-3-5-10(9)6-12-17-13(19-18-12)7-11-8-20-14(15)16-11/h2-5,8H,6-7H2,1H3,(H2,15,16). The summed E-state index contributed by atoms with van der Waals surface area (Å²) >= 11 is 1.41. The topological polar surface area (TPSA) is 77.8 Å². The Labute approximate surface area is 120 Å². The zero-order valence-corrected chi connectivity index (χ0v) is 11.9. The molecule has 20 heavy (non-hydrogen) atoms. The van der Waals surface area contributed by atoms with E-state index in [1.54, 1.807) is 0 Å². The molecule has 0 aliphatic heterocycles. The van der Waals surface area contributed by atoms with Crippen molar-refractivity contribution >= 4 is 16.5 Å². The molecule has 2 heterocycles. The van der Waals surface area contributed by atoms with E-state index < -0.39 is 0 Å². The molecule has 0 saturated heterocycles. The van der Waals surface area contributed by atoms with Gasteiger partial charge in [-0.3, -0.25) is 0 Å². The zero-order chi connectivity index (χ0) is 13.9. The minimum atomic E-state index is 0.522. The van der Waals surface area contributed by atoms with Gasteiger partial charge in [0.1, 0.15) is 0 Å². The number of aromatic nitrogens is 3. The fourth-order valence-electron chi connectivity index (χ4n) is 1.97. The molecular formula is C14H14N4OS. The van der Waals surface area contributed by atoms with Gasteiger partial charge >= 0.3 is 0 Å². The molecule has 3 rings (SSSR count). The number of benzene rings is 1. The van der Waals surface area contributed by atoms with Crippen LogP contribution in [0.2, 0.25) is 0 Å². The third-order valence-electron chi connectivity index (χ3n) is 3.02. The van der Waals surface area contributed by atoms with Gasteiger partial charge < -0.3 is 10.3 Å². The van der Waals surface area contributed by atoms with E-state index in [-0.39, 0.29) is 0 Å². The van der Waals surface area contributed by atoms with Crippen molar-refractivity contribution in [2.45, 2.75) is 19.8 Å². The van der Waals surface area contributed by atoms with Crippen molar-refractivity contribution < 1.29 is 4.52 Å². The number of aryl methyl sites for hydroxylation is 1. The van der Waals surface area contributed by atoms with Crippen molar-refractivity contribution in [2.75, 3.05) is 5.73 Å². The molecule has 0 fully saturated rings. The summed E-state index contributed by atoms with van der Waals surface area (Å²) in [4.78, 5) is 8.58. The summed E-state index contributed by atoms with van der Waals surface area (Å²) in [5.41, 5.74) is 8.89. The van der Waals surface area contributed by atoms with Gasteiger partial charge in [-0.2, -0.15) is 4.98 Å². The first-order valence-electron chi connectivity index (χ1n) is 6.26. The Morgan fingerprint density at radius 3 is 2.80 bits per heavy atom. The molecular weight excluding hydrogens is 272 g/mol. The van der Waals surface area contributed by atoms with Crippen LogP contribution >= 0.6 is 11.3 Å². The lowest BCUT2D eigenvalue weighted by atomic mass is 10.1. The van der Waals surface area contributed by atoms with Crippen molar-refractivity contribution in [1.82, 2.24) is 15.1 Å². The number of hydrogen-bond acceptors (Lipinski definition) is 6. The van der Waals surface area contributed by atoms with Crippen LogP contribution in [-0.4, -0.2) is 15.1 Å². The molecule has 0 amide bonds. The maximum absolute atomic E-state index is 5.60. The second-order valence-electron chi connectivity index (χ2n) is 4.56. The van der Waals surface area contributed by atoms with Gasteiger partial charge in [-0.05, 0) is 18.1 Å². The van der Waals surface area contributed by atoms with E-state index in [0.717, 1.165) is 5.69 Å². The van der Waals surface area contributed by atoms with Gasteiger partial charge in [0, 0.05) is 11.8 Å². The number of nitrogens with zero attached hydrogens (tertiary/aromatic N) is 3. The highest BCUT2D eigenvalue weighted by Crippen LogP contribution is 2.15. The molecule has 1 aromatic carbocycles. The van der Waals surface area contributed by atoms with Crippen LogP contribution in [0.25, 0.3) is 0 Å². The minimum absolute atomic E-state index is 0.522. The summed E-state index contributed by atoms with van der Waals surface area (Å²) in [7, 11) is 0. The van der Waals surface area contributed by atoms with Crippen LogP contribution in [0, 0.1) is 6.92 Å². The summed E-state index contributed by atoms with van der Waals surface area (Å²) in [5, 5.41) is 6.47. The van der Waals surface area contributed by atoms with E-state index in [1.807, 2.05) is 17.5 Å². The maximum atomic E-state index is 5.60. The first-order valence-corrected chi connectivity index (χ1v) is 7.14. The SMILES string of the molecule is Cc1ccccc1Cc1noc(Cc2csc(N)n2)n1.